The Morgan fingerprint density at radius 3 is 2.59 bits per heavy atom. The number of aliphatic hydroxyl groups is 1. The Labute approximate surface area is 167 Å². The number of nitrogens with one attached hydrogen (secondary N) is 2. The molecule has 0 spiro atoms. The number of aliphatic hydroxyl groups excluding tert-OH is 1. The summed E-state index contributed by atoms with van der Waals surface area (Å²) in [5, 5.41) is 24.4. The molecular weight excluding hydrogens is 374 g/mol. The van der Waals surface area contributed by atoms with Crippen LogP contribution in [0.4, 0.5) is 11.5 Å². The van der Waals surface area contributed by atoms with Crippen LogP contribution in [-0.4, -0.2) is 63.5 Å². The highest BCUT2D eigenvalue weighted by Gasteiger charge is 2.29. The number of nitrogens with zero attached hydrogens (tertiary/aromatic N) is 5. The molecule has 150 valence electrons. The Kier molecular flexibility index (Phi) is 5.99. The average molecular weight is 395 g/mol. The smallest absolute Gasteiger partial charge is 0.246 e. The molecule has 29 heavy (non-hydrogen) atoms. The number of anilines is 2. The Balaban J connectivity index is 1.81. The molecule has 1 atom stereocenters. The first kappa shape index (κ1) is 20.2. The van der Waals surface area contributed by atoms with Crippen LogP contribution in [0.3, 0.4) is 0 Å². The fraction of sp³-hybridized carbons (Fsp3) is 0.368. The molecule has 0 saturated heterocycles. The van der Waals surface area contributed by atoms with Crippen LogP contribution in [0, 0.1) is 17.2 Å². The van der Waals surface area contributed by atoms with E-state index < -0.39 is 12.6 Å². The van der Waals surface area contributed by atoms with E-state index in [2.05, 4.69) is 25.6 Å². The van der Waals surface area contributed by atoms with Gasteiger partial charge in [-0.15, -0.1) is 0 Å². The quantitative estimate of drug-likeness (QED) is 0.619. The highest BCUT2D eigenvalue weighted by atomic mass is 16.3. The van der Waals surface area contributed by atoms with E-state index in [1.165, 1.54) is 23.5 Å². The number of hydrogen-bond acceptors (Lipinski definition) is 8. The first-order valence-electron chi connectivity index (χ1n) is 9.05. The van der Waals surface area contributed by atoms with Crippen molar-refractivity contribution < 1.29 is 14.7 Å². The van der Waals surface area contributed by atoms with Gasteiger partial charge in [0, 0.05) is 31.8 Å². The van der Waals surface area contributed by atoms with Crippen molar-refractivity contribution in [3.8, 4) is 17.3 Å². The minimum Gasteiger partial charge on any atom is -0.394 e. The summed E-state index contributed by atoms with van der Waals surface area (Å²) in [6, 6.07) is 2.65. The predicted octanol–water partition coefficient (Wildman–Crippen LogP) is 0.620. The fourth-order valence-electron chi connectivity index (χ4n) is 2.60. The zero-order valence-electron chi connectivity index (χ0n) is 16.1. The van der Waals surface area contributed by atoms with Gasteiger partial charge < -0.3 is 20.6 Å². The van der Waals surface area contributed by atoms with Crippen molar-refractivity contribution in [2.45, 2.75) is 18.9 Å². The molecule has 0 radical (unpaired) electrons. The summed E-state index contributed by atoms with van der Waals surface area (Å²) in [4.78, 5) is 37.9. The highest BCUT2D eigenvalue weighted by Crippen LogP contribution is 2.30. The molecule has 2 aromatic heterocycles. The first-order chi connectivity index (χ1) is 13.9. The zero-order valence-corrected chi connectivity index (χ0v) is 16.1. The third-order valence-corrected chi connectivity index (χ3v) is 4.39. The van der Waals surface area contributed by atoms with Crippen LogP contribution in [0.1, 0.15) is 18.5 Å². The van der Waals surface area contributed by atoms with Gasteiger partial charge in [0.25, 0.3) is 0 Å². The van der Waals surface area contributed by atoms with E-state index >= 15 is 0 Å². The van der Waals surface area contributed by atoms with Gasteiger partial charge in [0.15, 0.2) is 11.5 Å². The minimum atomic E-state index is -0.916. The molecule has 1 aliphatic carbocycles. The molecule has 0 aliphatic heterocycles. The van der Waals surface area contributed by atoms with Gasteiger partial charge >= 0.3 is 0 Å². The van der Waals surface area contributed by atoms with Gasteiger partial charge in [-0.2, -0.15) is 5.26 Å². The molecule has 1 saturated carbocycles. The van der Waals surface area contributed by atoms with Crippen molar-refractivity contribution in [1.29, 1.82) is 5.26 Å². The van der Waals surface area contributed by atoms with Gasteiger partial charge in [-0.05, 0) is 18.9 Å². The monoisotopic (exact) mass is 395 g/mol. The van der Waals surface area contributed by atoms with Crippen molar-refractivity contribution in [3.05, 3.63) is 30.4 Å². The van der Waals surface area contributed by atoms with Crippen molar-refractivity contribution in [2.75, 3.05) is 31.3 Å². The van der Waals surface area contributed by atoms with E-state index in [1.54, 1.807) is 20.2 Å². The van der Waals surface area contributed by atoms with Gasteiger partial charge in [0.1, 0.15) is 12.1 Å². The van der Waals surface area contributed by atoms with Crippen LogP contribution in [-0.2, 0) is 9.59 Å². The highest BCUT2D eigenvalue weighted by molar-refractivity contribution is 5.93. The van der Waals surface area contributed by atoms with Crippen molar-refractivity contribution in [3.63, 3.8) is 0 Å². The number of carbonyl (C=O) groups is 2. The number of carbonyl (C=O) groups excluding carboxylic acids is 2. The number of amides is 2. The molecule has 3 rings (SSSR count). The Bertz CT molecular complexity index is 949. The van der Waals surface area contributed by atoms with Crippen LogP contribution in [0.5, 0.6) is 0 Å². The van der Waals surface area contributed by atoms with E-state index in [1.807, 2.05) is 6.07 Å². The number of likely N-dealkylation sites (N-methyl/N-ethyl adjacent to an activating group) is 1. The second-order valence-corrected chi connectivity index (χ2v) is 6.89. The topological polar surface area (TPSA) is 144 Å². The third kappa shape index (κ3) is 4.83. The summed E-state index contributed by atoms with van der Waals surface area (Å²) in [5.74, 6) is 0.0382. The molecule has 1 fully saturated rings. The van der Waals surface area contributed by atoms with Gasteiger partial charge in [-0.1, -0.05) is 0 Å². The maximum Gasteiger partial charge on any atom is 0.246 e. The van der Waals surface area contributed by atoms with Gasteiger partial charge in [-0.3, -0.25) is 14.6 Å². The largest absolute Gasteiger partial charge is 0.394 e. The number of hydrogen-bond donors (Lipinski definition) is 3. The maximum absolute atomic E-state index is 12.2. The minimum absolute atomic E-state index is 0.0563. The molecule has 1 aliphatic rings. The molecule has 10 nitrogen and oxygen atoms in total. The van der Waals surface area contributed by atoms with E-state index in [-0.39, 0.29) is 23.4 Å². The molecule has 2 aromatic rings. The first-order valence-corrected chi connectivity index (χ1v) is 9.05. The Morgan fingerprint density at radius 2 is 2.03 bits per heavy atom. The Morgan fingerprint density at radius 1 is 1.28 bits per heavy atom. The third-order valence-electron chi connectivity index (χ3n) is 4.39. The lowest BCUT2D eigenvalue weighted by molar-refractivity contribution is -0.130. The lowest BCUT2D eigenvalue weighted by atomic mass is 10.1. The second-order valence-electron chi connectivity index (χ2n) is 6.89. The number of aromatic nitrogens is 3. The fourth-order valence-corrected chi connectivity index (χ4v) is 2.60. The second kappa shape index (κ2) is 8.62. The lowest BCUT2D eigenvalue weighted by Crippen LogP contribution is -2.41. The van der Waals surface area contributed by atoms with Crippen LogP contribution in [0.2, 0.25) is 0 Å². The van der Waals surface area contributed by atoms with Gasteiger partial charge in [0.05, 0.1) is 30.4 Å². The standard InChI is InChI=1S/C19H21N7O3/c1-26(2)19(29)16(10-27)24-13-5-12(7-21-14(13)6-20)15-8-23-17(9-22-15)25-18(28)11-3-4-11/h5,7-9,11,16,24,27H,3-4,10H2,1-2H3,(H,23,25,28)/t16-/m0/s1. The van der Waals surface area contributed by atoms with Crippen LogP contribution >= 0.6 is 0 Å². The SMILES string of the molecule is CN(C)C(=O)[C@H](CO)Nc1cc(-c2cnc(NC(=O)C3CC3)cn2)cnc1C#N. The maximum atomic E-state index is 12.2. The molecular formula is C19H21N7O3. The van der Waals surface area contributed by atoms with E-state index in [4.69, 9.17) is 0 Å². The molecule has 0 aromatic carbocycles. The molecule has 2 amide bonds. The van der Waals surface area contributed by atoms with E-state index in [9.17, 15) is 20.0 Å². The van der Waals surface area contributed by atoms with E-state index in [0.717, 1.165) is 12.8 Å². The van der Waals surface area contributed by atoms with Crippen molar-refractivity contribution >= 4 is 23.3 Å². The van der Waals surface area contributed by atoms with E-state index in [0.29, 0.717) is 22.8 Å². The lowest BCUT2D eigenvalue weighted by Gasteiger charge is -2.21. The molecule has 3 N–H and O–H groups in total. The molecule has 2 heterocycles. The molecule has 0 bridgehead atoms. The normalized spacial score (nSPS) is 13.9. The van der Waals surface area contributed by atoms with Crippen LogP contribution < -0.4 is 10.6 Å². The number of rotatable bonds is 7. The molecule has 0 unspecified atom stereocenters. The van der Waals surface area contributed by atoms with Gasteiger partial charge in [0.2, 0.25) is 11.8 Å². The van der Waals surface area contributed by atoms with Crippen molar-refractivity contribution in [2.24, 2.45) is 5.92 Å². The number of pyridine rings is 1. The van der Waals surface area contributed by atoms with Crippen molar-refractivity contribution in [1.82, 2.24) is 19.9 Å². The summed E-state index contributed by atoms with van der Waals surface area (Å²) in [5.41, 5.74) is 1.43. The number of nitriles is 1. The molecule has 10 heteroatoms. The van der Waals surface area contributed by atoms with Crippen LogP contribution in [0.15, 0.2) is 24.7 Å². The van der Waals surface area contributed by atoms with Gasteiger partial charge in [-0.25, -0.2) is 9.97 Å². The van der Waals surface area contributed by atoms with Crippen LogP contribution in [0.25, 0.3) is 11.3 Å². The summed E-state index contributed by atoms with van der Waals surface area (Å²) < 4.78 is 0. The predicted molar refractivity (Wildman–Crippen MR) is 105 cm³/mol. The summed E-state index contributed by atoms with van der Waals surface area (Å²) in [7, 11) is 3.15. The summed E-state index contributed by atoms with van der Waals surface area (Å²) in [6.45, 7) is -0.443. The average Bonchev–Trinajstić information content (AvgIpc) is 3.57. The summed E-state index contributed by atoms with van der Waals surface area (Å²) in [6.07, 6.45) is 6.21. The zero-order chi connectivity index (χ0) is 21.0. The Hall–Kier alpha value is -3.58. The summed E-state index contributed by atoms with van der Waals surface area (Å²) >= 11 is 0.